The first kappa shape index (κ1) is 28.2. The molecular formula is C28H34N2O8S. The average molecular weight is 559 g/mol. The maximum absolute atomic E-state index is 13.5. The predicted octanol–water partition coefficient (Wildman–Crippen LogP) is 4.37. The van der Waals surface area contributed by atoms with Crippen LogP contribution < -0.4 is 24.4 Å². The molecule has 4 rings (SSSR count). The number of para-hydroxylation sites is 1. The van der Waals surface area contributed by atoms with E-state index >= 15 is 0 Å². The number of piperidine rings is 1. The lowest BCUT2D eigenvalue weighted by Gasteiger charge is -2.32. The first-order valence-electron chi connectivity index (χ1n) is 12.5. The summed E-state index contributed by atoms with van der Waals surface area (Å²) in [6.07, 6.45) is 0.745. The lowest BCUT2D eigenvalue weighted by Crippen LogP contribution is -2.42. The number of benzene rings is 3. The van der Waals surface area contributed by atoms with Crippen LogP contribution in [0.25, 0.3) is 11.1 Å². The van der Waals surface area contributed by atoms with E-state index in [2.05, 4.69) is 0 Å². The lowest BCUT2D eigenvalue weighted by molar-refractivity contribution is 0.0698. The van der Waals surface area contributed by atoms with Gasteiger partial charge in [0.1, 0.15) is 23.2 Å². The second-order valence-corrected chi connectivity index (χ2v) is 10.7. The van der Waals surface area contributed by atoms with Crippen LogP contribution in [0.3, 0.4) is 0 Å². The Labute approximate surface area is 229 Å². The third-order valence-electron chi connectivity index (χ3n) is 6.51. The minimum atomic E-state index is -4.09. The number of ether oxygens (including phenoxy) is 4. The van der Waals surface area contributed by atoms with E-state index in [0.717, 1.165) is 16.9 Å². The summed E-state index contributed by atoms with van der Waals surface area (Å²) in [5, 5.41) is 9.24. The number of hydroxylamine groups is 1. The zero-order valence-corrected chi connectivity index (χ0v) is 22.9. The van der Waals surface area contributed by atoms with Crippen molar-refractivity contribution in [3.8, 4) is 34.1 Å². The molecule has 39 heavy (non-hydrogen) atoms. The molecule has 1 amide bonds. The highest BCUT2D eigenvalue weighted by Crippen LogP contribution is 2.37. The summed E-state index contributed by atoms with van der Waals surface area (Å²) in [7, 11) is -1.44. The van der Waals surface area contributed by atoms with Crippen LogP contribution in [-0.2, 0) is 10.0 Å². The highest BCUT2D eigenvalue weighted by molar-refractivity contribution is 7.89. The fraction of sp³-hybridized carbons (Fsp3) is 0.321. The summed E-state index contributed by atoms with van der Waals surface area (Å²) in [5.41, 5.74) is 3.17. The Bertz CT molecular complexity index is 1410. The maximum atomic E-state index is 13.5. The second kappa shape index (κ2) is 12.4. The minimum Gasteiger partial charge on any atom is -0.493 e. The SMILES string of the molecule is CCOc1ccccc1-c1ccc(OC2CCN(S(=O)(=O)c3ccc(OC)c(OC)c3C(=O)NO)CC2)cc1.[HH]. The van der Waals surface area contributed by atoms with Gasteiger partial charge in [-0.2, -0.15) is 4.31 Å². The van der Waals surface area contributed by atoms with Crippen molar-refractivity contribution in [3.63, 3.8) is 0 Å². The highest BCUT2D eigenvalue weighted by atomic mass is 32.2. The number of amides is 1. The molecule has 0 aromatic heterocycles. The predicted molar refractivity (Wildman–Crippen MR) is 146 cm³/mol. The van der Waals surface area contributed by atoms with Crippen molar-refractivity contribution < 1.29 is 38.8 Å². The quantitative estimate of drug-likeness (QED) is 0.278. The molecular weight excluding hydrogens is 524 g/mol. The van der Waals surface area contributed by atoms with Gasteiger partial charge in [-0.1, -0.05) is 30.3 Å². The molecule has 2 N–H and O–H groups in total. The van der Waals surface area contributed by atoms with Crippen molar-refractivity contribution in [2.45, 2.75) is 30.8 Å². The number of sulfonamides is 1. The van der Waals surface area contributed by atoms with Gasteiger partial charge in [0.15, 0.2) is 11.5 Å². The molecule has 1 aliphatic heterocycles. The molecule has 0 atom stereocenters. The van der Waals surface area contributed by atoms with Gasteiger partial charge in [-0.3, -0.25) is 10.0 Å². The number of methoxy groups -OCH3 is 2. The van der Waals surface area contributed by atoms with E-state index in [9.17, 15) is 18.4 Å². The Morgan fingerprint density at radius 3 is 2.31 bits per heavy atom. The molecule has 3 aromatic carbocycles. The largest absolute Gasteiger partial charge is 0.493 e. The Kier molecular flexibility index (Phi) is 8.95. The number of carbonyl (C=O) groups is 1. The van der Waals surface area contributed by atoms with Gasteiger partial charge in [-0.25, -0.2) is 13.9 Å². The van der Waals surface area contributed by atoms with Crippen molar-refractivity contribution >= 4 is 15.9 Å². The molecule has 210 valence electrons. The van der Waals surface area contributed by atoms with Gasteiger partial charge in [0, 0.05) is 20.1 Å². The van der Waals surface area contributed by atoms with Gasteiger partial charge >= 0.3 is 0 Å². The summed E-state index contributed by atoms with van der Waals surface area (Å²) in [5.74, 6) is 0.562. The second-order valence-electron chi connectivity index (χ2n) is 8.79. The fourth-order valence-electron chi connectivity index (χ4n) is 4.62. The topological polar surface area (TPSA) is 124 Å². The maximum Gasteiger partial charge on any atom is 0.279 e. The molecule has 3 aromatic rings. The van der Waals surface area contributed by atoms with Crippen LogP contribution in [0.2, 0.25) is 0 Å². The van der Waals surface area contributed by atoms with E-state index < -0.39 is 15.9 Å². The van der Waals surface area contributed by atoms with Gasteiger partial charge in [0.25, 0.3) is 5.91 Å². The van der Waals surface area contributed by atoms with E-state index in [4.69, 9.17) is 18.9 Å². The molecule has 0 spiro atoms. The monoisotopic (exact) mass is 558 g/mol. The first-order valence-corrected chi connectivity index (χ1v) is 14.0. The lowest BCUT2D eigenvalue weighted by atomic mass is 10.0. The molecule has 0 aliphatic carbocycles. The molecule has 0 radical (unpaired) electrons. The summed E-state index contributed by atoms with van der Waals surface area (Å²) in [4.78, 5) is 12.1. The zero-order chi connectivity index (χ0) is 28.0. The summed E-state index contributed by atoms with van der Waals surface area (Å²) >= 11 is 0. The van der Waals surface area contributed by atoms with Crippen LogP contribution in [0.15, 0.2) is 65.6 Å². The van der Waals surface area contributed by atoms with Crippen LogP contribution in [0.1, 0.15) is 31.6 Å². The number of nitrogens with one attached hydrogen (secondary N) is 1. The number of nitrogens with zero attached hydrogens (tertiary/aromatic N) is 1. The van der Waals surface area contributed by atoms with E-state index in [-0.39, 0.29) is 42.6 Å². The molecule has 1 aliphatic rings. The van der Waals surface area contributed by atoms with Crippen LogP contribution in [0.4, 0.5) is 0 Å². The Morgan fingerprint density at radius 2 is 1.69 bits per heavy atom. The molecule has 0 unspecified atom stereocenters. The van der Waals surface area contributed by atoms with Gasteiger partial charge in [0.2, 0.25) is 10.0 Å². The van der Waals surface area contributed by atoms with Gasteiger partial charge in [-0.05, 0) is 55.7 Å². The summed E-state index contributed by atoms with van der Waals surface area (Å²) < 4.78 is 50.7. The van der Waals surface area contributed by atoms with Gasteiger partial charge in [0.05, 0.1) is 25.7 Å². The third-order valence-corrected chi connectivity index (χ3v) is 8.45. The molecule has 11 heteroatoms. The fourth-order valence-corrected chi connectivity index (χ4v) is 6.27. The third kappa shape index (κ3) is 5.95. The average Bonchev–Trinajstić information content (AvgIpc) is 2.97. The Hall–Kier alpha value is -3.80. The number of carbonyl (C=O) groups excluding carboxylic acids is 1. The van der Waals surface area contributed by atoms with Gasteiger partial charge < -0.3 is 18.9 Å². The van der Waals surface area contributed by atoms with Crippen molar-refractivity contribution in [1.82, 2.24) is 9.79 Å². The Morgan fingerprint density at radius 1 is 1.00 bits per heavy atom. The van der Waals surface area contributed by atoms with E-state index in [1.807, 2.05) is 55.5 Å². The van der Waals surface area contributed by atoms with Crippen molar-refractivity contribution in [2.75, 3.05) is 33.9 Å². The number of hydrogen-bond donors (Lipinski definition) is 2. The molecule has 10 nitrogen and oxygen atoms in total. The van der Waals surface area contributed by atoms with E-state index in [1.165, 1.54) is 36.1 Å². The van der Waals surface area contributed by atoms with Crippen LogP contribution in [-0.4, -0.2) is 63.9 Å². The van der Waals surface area contributed by atoms with E-state index in [0.29, 0.717) is 25.2 Å². The minimum absolute atomic E-state index is 0. The molecule has 0 bridgehead atoms. The number of hydrogen-bond acceptors (Lipinski definition) is 8. The smallest absolute Gasteiger partial charge is 0.279 e. The highest BCUT2D eigenvalue weighted by Gasteiger charge is 2.35. The Balaban J connectivity index is 0.00000441. The molecule has 1 fully saturated rings. The van der Waals surface area contributed by atoms with Gasteiger partial charge in [-0.15, -0.1) is 0 Å². The van der Waals surface area contributed by atoms with Crippen LogP contribution >= 0.6 is 0 Å². The molecule has 1 heterocycles. The summed E-state index contributed by atoms with van der Waals surface area (Å²) in [6.45, 7) is 2.92. The van der Waals surface area contributed by atoms with Crippen LogP contribution in [0.5, 0.6) is 23.0 Å². The van der Waals surface area contributed by atoms with Crippen molar-refractivity contribution in [2.24, 2.45) is 0 Å². The zero-order valence-electron chi connectivity index (χ0n) is 22.0. The van der Waals surface area contributed by atoms with Crippen molar-refractivity contribution in [1.29, 1.82) is 0 Å². The molecule has 1 saturated heterocycles. The van der Waals surface area contributed by atoms with Crippen LogP contribution in [0, 0.1) is 0 Å². The normalized spacial score (nSPS) is 14.5. The first-order chi connectivity index (χ1) is 18.8. The summed E-state index contributed by atoms with van der Waals surface area (Å²) in [6, 6.07) is 18.3. The standard InChI is InChI=1S/C28H32N2O8S.H2/c1-4-37-23-8-6-5-7-22(23)19-9-11-20(12-10-19)38-21-15-17-30(18-16-21)39(33,34)25-14-13-24(35-2)27(36-3)26(25)28(31)29-32;/h5-14,21,32H,4,15-18H2,1-3H3,(H,29,31);1H. The van der Waals surface area contributed by atoms with Crippen molar-refractivity contribution in [3.05, 3.63) is 66.2 Å². The number of rotatable bonds is 10. The molecule has 0 saturated carbocycles. The van der Waals surface area contributed by atoms with E-state index in [1.54, 1.807) is 0 Å².